The lowest BCUT2D eigenvalue weighted by Gasteiger charge is -2.16. The largest absolute Gasteiger partial charge is 0.289 e. The van der Waals surface area contributed by atoms with E-state index in [2.05, 4.69) is 28.1 Å². The van der Waals surface area contributed by atoms with E-state index in [0.29, 0.717) is 0 Å². The van der Waals surface area contributed by atoms with Crippen molar-refractivity contribution in [3.63, 3.8) is 0 Å². The van der Waals surface area contributed by atoms with E-state index in [4.69, 9.17) is 0 Å². The molecule has 0 saturated carbocycles. The Morgan fingerprint density at radius 3 is 2.35 bits per heavy atom. The molecule has 0 aromatic heterocycles. The van der Waals surface area contributed by atoms with E-state index in [1.54, 1.807) is 0 Å². The molecule has 0 radical (unpaired) electrons. The van der Waals surface area contributed by atoms with Gasteiger partial charge in [-0.1, -0.05) is 40.2 Å². The molecule has 0 aliphatic heterocycles. The first-order chi connectivity index (χ1) is 9.65. The molecule has 2 aromatic carbocycles. The van der Waals surface area contributed by atoms with E-state index >= 15 is 0 Å². The van der Waals surface area contributed by atoms with Crippen LogP contribution < -0.4 is 0 Å². The maximum absolute atomic E-state index is 12.6. The standard InChI is InChI=1S/C18H17BrO/c1-12-6-7-16(11-17(12)19)18(20)15-9-8-13-4-2-3-5-14(13)10-15/h6-11H,2-5H2,1H3. The fourth-order valence-electron chi connectivity index (χ4n) is 2.78. The molecule has 0 spiro atoms. The number of rotatable bonds is 2. The fourth-order valence-corrected chi connectivity index (χ4v) is 3.15. The number of benzene rings is 2. The lowest BCUT2D eigenvalue weighted by Crippen LogP contribution is -2.07. The van der Waals surface area contributed by atoms with Crippen LogP contribution in [0.2, 0.25) is 0 Å². The Labute approximate surface area is 128 Å². The molecule has 2 aromatic rings. The van der Waals surface area contributed by atoms with Crippen LogP contribution in [0.25, 0.3) is 0 Å². The summed E-state index contributed by atoms with van der Waals surface area (Å²) < 4.78 is 0.987. The van der Waals surface area contributed by atoms with Crippen molar-refractivity contribution < 1.29 is 4.79 Å². The Balaban J connectivity index is 1.95. The average Bonchev–Trinajstić information content (AvgIpc) is 2.49. The van der Waals surface area contributed by atoms with Crippen LogP contribution in [-0.2, 0) is 12.8 Å². The van der Waals surface area contributed by atoms with Crippen molar-refractivity contribution >= 4 is 21.7 Å². The van der Waals surface area contributed by atoms with Crippen molar-refractivity contribution in [3.05, 3.63) is 68.7 Å². The second-order valence-electron chi connectivity index (χ2n) is 5.48. The number of carbonyl (C=O) groups is 1. The van der Waals surface area contributed by atoms with E-state index in [9.17, 15) is 4.79 Å². The van der Waals surface area contributed by atoms with Crippen LogP contribution in [0.1, 0.15) is 45.5 Å². The first-order valence-electron chi connectivity index (χ1n) is 7.08. The summed E-state index contributed by atoms with van der Waals surface area (Å²) in [6.45, 7) is 2.03. The minimum absolute atomic E-state index is 0.110. The molecule has 0 atom stereocenters. The van der Waals surface area contributed by atoms with Crippen LogP contribution in [0, 0.1) is 6.92 Å². The van der Waals surface area contributed by atoms with Crippen LogP contribution in [0.15, 0.2) is 40.9 Å². The summed E-state index contributed by atoms with van der Waals surface area (Å²) in [5.74, 6) is 0.110. The van der Waals surface area contributed by atoms with Gasteiger partial charge in [-0.3, -0.25) is 4.79 Å². The van der Waals surface area contributed by atoms with Crippen LogP contribution in [0.3, 0.4) is 0 Å². The minimum Gasteiger partial charge on any atom is -0.289 e. The maximum Gasteiger partial charge on any atom is 0.193 e. The second-order valence-corrected chi connectivity index (χ2v) is 6.34. The smallest absolute Gasteiger partial charge is 0.193 e. The molecule has 0 N–H and O–H groups in total. The van der Waals surface area contributed by atoms with E-state index in [1.165, 1.54) is 24.0 Å². The van der Waals surface area contributed by atoms with E-state index in [1.807, 2.05) is 31.2 Å². The Hall–Kier alpha value is -1.41. The van der Waals surface area contributed by atoms with Crippen molar-refractivity contribution in [2.24, 2.45) is 0 Å². The third kappa shape index (κ3) is 2.57. The SMILES string of the molecule is Cc1ccc(C(=O)c2ccc3c(c2)CCCC3)cc1Br. The molecular weight excluding hydrogens is 312 g/mol. The summed E-state index contributed by atoms with van der Waals surface area (Å²) in [5, 5.41) is 0. The summed E-state index contributed by atoms with van der Waals surface area (Å²) in [7, 11) is 0. The highest BCUT2D eigenvalue weighted by atomic mass is 79.9. The van der Waals surface area contributed by atoms with Gasteiger partial charge in [0.25, 0.3) is 0 Å². The molecule has 0 amide bonds. The summed E-state index contributed by atoms with van der Waals surface area (Å²) in [6, 6.07) is 12.0. The van der Waals surface area contributed by atoms with Gasteiger partial charge in [-0.25, -0.2) is 0 Å². The molecule has 1 aliphatic carbocycles. The van der Waals surface area contributed by atoms with Gasteiger partial charge in [0.2, 0.25) is 0 Å². The summed E-state index contributed by atoms with van der Waals surface area (Å²) in [4.78, 5) is 12.6. The molecule has 20 heavy (non-hydrogen) atoms. The van der Waals surface area contributed by atoms with Gasteiger partial charge in [0, 0.05) is 15.6 Å². The van der Waals surface area contributed by atoms with Gasteiger partial charge in [-0.2, -0.15) is 0 Å². The van der Waals surface area contributed by atoms with Crippen molar-refractivity contribution in [1.82, 2.24) is 0 Å². The normalized spacial score (nSPS) is 13.9. The molecule has 102 valence electrons. The van der Waals surface area contributed by atoms with Crippen molar-refractivity contribution in [2.75, 3.05) is 0 Å². The van der Waals surface area contributed by atoms with Crippen LogP contribution in [0.5, 0.6) is 0 Å². The van der Waals surface area contributed by atoms with E-state index < -0.39 is 0 Å². The van der Waals surface area contributed by atoms with Crippen molar-refractivity contribution in [3.8, 4) is 0 Å². The molecule has 2 heteroatoms. The number of ketones is 1. The molecule has 0 heterocycles. The highest BCUT2D eigenvalue weighted by Gasteiger charge is 2.14. The fraction of sp³-hybridized carbons (Fsp3) is 0.278. The van der Waals surface area contributed by atoms with Crippen LogP contribution >= 0.6 is 15.9 Å². The minimum atomic E-state index is 0.110. The first-order valence-corrected chi connectivity index (χ1v) is 7.87. The number of aryl methyl sites for hydroxylation is 3. The Morgan fingerprint density at radius 1 is 0.950 bits per heavy atom. The summed E-state index contributed by atoms with van der Waals surface area (Å²) >= 11 is 3.49. The number of hydrogen-bond acceptors (Lipinski definition) is 1. The number of hydrogen-bond donors (Lipinski definition) is 0. The molecule has 1 nitrogen and oxygen atoms in total. The van der Waals surface area contributed by atoms with E-state index in [-0.39, 0.29) is 5.78 Å². The topological polar surface area (TPSA) is 17.1 Å². The number of carbonyl (C=O) groups excluding carboxylic acids is 1. The molecular formula is C18H17BrO. The highest BCUT2D eigenvalue weighted by Crippen LogP contribution is 2.24. The van der Waals surface area contributed by atoms with Crippen LogP contribution in [0.4, 0.5) is 0 Å². The van der Waals surface area contributed by atoms with Gasteiger partial charge in [-0.15, -0.1) is 0 Å². The summed E-state index contributed by atoms with van der Waals surface area (Å²) in [6.07, 6.45) is 4.76. The Morgan fingerprint density at radius 2 is 1.60 bits per heavy atom. The van der Waals surface area contributed by atoms with E-state index in [0.717, 1.165) is 34.0 Å². The molecule has 0 bridgehead atoms. The first kappa shape index (κ1) is 13.6. The maximum atomic E-state index is 12.6. The monoisotopic (exact) mass is 328 g/mol. The zero-order chi connectivity index (χ0) is 14.1. The number of halogens is 1. The predicted molar refractivity (Wildman–Crippen MR) is 85.4 cm³/mol. The third-order valence-electron chi connectivity index (χ3n) is 4.04. The molecule has 0 unspecified atom stereocenters. The van der Waals surface area contributed by atoms with Crippen molar-refractivity contribution in [2.45, 2.75) is 32.6 Å². The third-order valence-corrected chi connectivity index (χ3v) is 4.90. The Bertz CT molecular complexity index is 673. The van der Waals surface area contributed by atoms with Crippen molar-refractivity contribution in [1.29, 1.82) is 0 Å². The molecule has 3 rings (SSSR count). The van der Waals surface area contributed by atoms with Gasteiger partial charge < -0.3 is 0 Å². The van der Waals surface area contributed by atoms with Gasteiger partial charge in [0.15, 0.2) is 5.78 Å². The van der Waals surface area contributed by atoms with Gasteiger partial charge >= 0.3 is 0 Å². The average molecular weight is 329 g/mol. The second kappa shape index (κ2) is 5.53. The molecule has 1 aliphatic rings. The Kier molecular flexibility index (Phi) is 3.75. The van der Waals surface area contributed by atoms with Gasteiger partial charge in [0.05, 0.1) is 0 Å². The lowest BCUT2D eigenvalue weighted by molar-refractivity contribution is 0.103. The summed E-state index contributed by atoms with van der Waals surface area (Å²) in [5.41, 5.74) is 5.47. The predicted octanol–water partition coefficient (Wildman–Crippen LogP) is 4.87. The van der Waals surface area contributed by atoms with Gasteiger partial charge in [0.1, 0.15) is 0 Å². The zero-order valence-corrected chi connectivity index (χ0v) is 13.2. The highest BCUT2D eigenvalue weighted by molar-refractivity contribution is 9.10. The quantitative estimate of drug-likeness (QED) is 0.719. The zero-order valence-electron chi connectivity index (χ0n) is 11.6. The number of fused-ring (bicyclic) bond motifs is 1. The van der Waals surface area contributed by atoms with Crippen LogP contribution in [-0.4, -0.2) is 5.78 Å². The molecule has 0 fully saturated rings. The van der Waals surface area contributed by atoms with Gasteiger partial charge in [-0.05, 0) is 61.4 Å². The lowest BCUT2D eigenvalue weighted by atomic mass is 9.89. The molecule has 0 saturated heterocycles.